The van der Waals surface area contributed by atoms with Crippen molar-refractivity contribution in [3.8, 4) is 0 Å². The summed E-state index contributed by atoms with van der Waals surface area (Å²) in [4.78, 5) is 41.6. The Morgan fingerprint density at radius 1 is 1.00 bits per heavy atom. The van der Waals surface area contributed by atoms with Gasteiger partial charge in [-0.2, -0.15) is 19.6 Å². The van der Waals surface area contributed by atoms with E-state index in [1.54, 1.807) is 0 Å². The van der Waals surface area contributed by atoms with Gasteiger partial charge in [-0.3, -0.25) is 0 Å². The third-order valence-corrected chi connectivity index (χ3v) is 2.23. The number of hydrogen-bond donors (Lipinski definition) is 0. The van der Waals surface area contributed by atoms with E-state index in [4.69, 9.17) is 9.47 Å². The molecule has 0 heterocycles. The lowest BCUT2D eigenvalue weighted by Gasteiger charge is -2.24. The molecule has 0 spiro atoms. The Morgan fingerprint density at radius 3 is 2.00 bits per heavy atom. The second kappa shape index (κ2) is 9.36. The van der Waals surface area contributed by atoms with Gasteiger partial charge in [-0.25, -0.2) is 0 Å². The molecule has 0 N–H and O–H groups in total. The standard InChI is InChI=1S/C8H14N4O6/c1-5(10-14)6(11-15)7(12-16)8(17-2)18-4-3-9-13/h5-8H,3-4H2,1-2H3. The fourth-order valence-corrected chi connectivity index (χ4v) is 1.28. The first kappa shape index (κ1) is 16.3. The van der Waals surface area contributed by atoms with E-state index in [1.807, 2.05) is 0 Å². The van der Waals surface area contributed by atoms with E-state index in [9.17, 15) is 19.6 Å². The first-order valence-corrected chi connectivity index (χ1v) is 5.07. The first-order valence-electron chi connectivity index (χ1n) is 5.07. The van der Waals surface area contributed by atoms with Gasteiger partial charge in [0.25, 0.3) is 0 Å². The fraction of sp³-hybridized carbons (Fsp3) is 1.00. The SMILES string of the molecule is COC(OCCN=O)C(N=O)C(N=O)C(C)N=O. The topological polar surface area (TPSA) is 136 Å². The molecule has 0 fully saturated rings. The predicted molar refractivity (Wildman–Crippen MR) is 61.8 cm³/mol. The number of nitroso groups, excluding NO2 is 4. The van der Waals surface area contributed by atoms with Crippen LogP contribution in [0.5, 0.6) is 0 Å². The second-order valence-electron chi connectivity index (χ2n) is 3.37. The molecule has 0 saturated heterocycles. The van der Waals surface area contributed by atoms with Crippen LogP contribution in [0, 0.1) is 19.6 Å². The molecule has 0 radical (unpaired) electrons. The minimum Gasteiger partial charge on any atom is -0.353 e. The Labute approximate surface area is 102 Å². The van der Waals surface area contributed by atoms with E-state index in [-0.39, 0.29) is 13.2 Å². The van der Waals surface area contributed by atoms with Gasteiger partial charge in [0.1, 0.15) is 18.6 Å². The van der Waals surface area contributed by atoms with Gasteiger partial charge in [-0.15, -0.1) is 0 Å². The lowest BCUT2D eigenvalue weighted by molar-refractivity contribution is -0.137. The van der Waals surface area contributed by atoms with E-state index in [2.05, 4.69) is 20.7 Å². The van der Waals surface area contributed by atoms with E-state index in [1.165, 1.54) is 14.0 Å². The van der Waals surface area contributed by atoms with E-state index in [0.717, 1.165) is 0 Å². The maximum atomic E-state index is 10.7. The Morgan fingerprint density at radius 2 is 1.61 bits per heavy atom. The van der Waals surface area contributed by atoms with Crippen molar-refractivity contribution in [1.29, 1.82) is 0 Å². The third-order valence-electron chi connectivity index (χ3n) is 2.23. The normalized spacial score (nSPS) is 17.2. The van der Waals surface area contributed by atoms with Gasteiger partial charge in [-0.1, -0.05) is 20.7 Å². The minimum absolute atomic E-state index is 0.109. The quantitative estimate of drug-likeness (QED) is 0.311. The van der Waals surface area contributed by atoms with Gasteiger partial charge in [0.15, 0.2) is 12.3 Å². The summed E-state index contributed by atoms with van der Waals surface area (Å²) in [6, 6.07) is -3.67. The summed E-state index contributed by atoms with van der Waals surface area (Å²) in [5.74, 6) is 0. The van der Waals surface area contributed by atoms with Crippen molar-refractivity contribution in [1.82, 2.24) is 0 Å². The monoisotopic (exact) mass is 262 g/mol. The fourth-order valence-electron chi connectivity index (χ4n) is 1.28. The highest BCUT2D eigenvalue weighted by molar-refractivity contribution is 4.91. The summed E-state index contributed by atoms with van der Waals surface area (Å²) in [6.07, 6.45) is -1.20. The summed E-state index contributed by atoms with van der Waals surface area (Å²) in [6.45, 7) is 1.06. The molecule has 4 unspecified atom stereocenters. The zero-order chi connectivity index (χ0) is 14.0. The highest BCUT2D eigenvalue weighted by atomic mass is 16.7. The van der Waals surface area contributed by atoms with Gasteiger partial charge < -0.3 is 9.47 Å². The minimum atomic E-state index is -1.33. The van der Waals surface area contributed by atoms with Crippen molar-refractivity contribution in [3.63, 3.8) is 0 Å². The van der Waals surface area contributed by atoms with Gasteiger partial charge in [0.05, 0.1) is 6.61 Å². The predicted octanol–water partition coefficient (Wildman–Crippen LogP) is 1.17. The molecule has 4 atom stereocenters. The lowest BCUT2D eigenvalue weighted by atomic mass is 10.0. The van der Waals surface area contributed by atoms with Crippen LogP contribution < -0.4 is 0 Å². The third kappa shape index (κ3) is 4.67. The van der Waals surface area contributed by atoms with Crippen molar-refractivity contribution < 1.29 is 9.47 Å². The van der Waals surface area contributed by atoms with Crippen LogP contribution in [-0.4, -0.2) is 44.7 Å². The average Bonchev–Trinajstić information content (AvgIpc) is 2.41. The molecule has 0 aromatic carbocycles. The second-order valence-corrected chi connectivity index (χ2v) is 3.37. The number of rotatable bonds is 11. The van der Waals surface area contributed by atoms with Crippen LogP contribution in [0.3, 0.4) is 0 Å². The van der Waals surface area contributed by atoms with Crippen LogP contribution in [0.15, 0.2) is 20.7 Å². The van der Waals surface area contributed by atoms with Crippen LogP contribution in [0.25, 0.3) is 0 Å². The number of hydrogen-bond acceptors (Lipinski definition) is 10. The molecule has 10 nitrogen and oxygen atoms in total. The summed E-state index contributed by atoms with van der Waals surface area (Å²) in [7, 11) is 1.22. The molecule has 102 valence electrons. The lowest BCUT2D eigenvalue weighted by Crippen LogP contribution is -2.42. The zero-order valence-electron chi connectivity index (χ0n) is 9.96. The van der Waals surface area contributed by atoms with Crippen molar-refractivity contribution in [2.75, 3.05) is 20.3 Å². The van der Waals surface area contributed by atoms with Crippen LogP contribution in [0.2, 0.25) is 0 Å². The smallest absolute Gasteiger partial charge is 0.185 e. The maximum Gasteiger partial charge on any atom is 0.185 e. The molecular weight excluding hydrogens is 248 g/mol. The molecule has 18 heavy (non-hydrogen) atoms. The molecular formula is C8H14N4O6. The summed E-state index contributed by atoms with van der Waals surface area (Å²) in [5.41, 5.74) is 0. The van der Waals surface area contributed by atoms with Gasteiger partial charge in [0, 0.05) is 7.11 Å². The number of ether oxygens (including phenoxy) is 2. The molecule has 0 saturated carbocycles. The van der Waals surface area contributed by atoms with Crippen molar-refractivity contribution in [3.05, 3.63) is 19.6 Å². The first-order chi connectivity index (χ1) is 8.65. The molecule has 0 rings (SSSR count). The molecule has 0 bridgehead atoms. The number of methoxy groups -OCH3 is 1. The Kier molecular flexibility index (Phi) is 8.49. The van der Waals surface area contributed by atoms with Gasteiger partial charge in [0.2, 0.25) is 0 Å². The van der Waals surface area contributed by atoms with Crippen molar-refractivity contribution in [2.24, 2.45) is 20.7 Å². The average molecular weight is 262 g/mol. The van der Waals surface area contributed by atoms with Gasteiger partial charge in [-0.05, 0) is 6.92 Å². The van der Waals surface area contributed by atoms with Crippen molar-refractivity contribution >= 4 is 0 Å². The Bertz CT molecular complexity index is 289. The van der Waals surface area contributed by atoms with Crippen LogP contribution in [-0.2, 0) is 9.47 Å². The van der Waals surface area contributed by atoms with Gasteiger partial charge >= 0.3 is 0 Å². The zero-order valence-corrected chi connectivity index (χ0v) is 9.96. The van der Waals surface area contributed by atoms with Crippen molar-refractivity contribution in [2.45, 2.75) is 31.3 Å². The molecule has 0 aromatic rings. The Balaban J connectivity index is 4.75. The molecule has 0 amide bonds. The highest BCUT2D eigenvalue weighted by Gasteiger charge is 2.37. The summed E-state index contributed by atoms with van der Waals surface area (Å²) >= 11 is 0. The van der Waals surface area contributed by atoms with E-state index < -0.39 is 24.4 Å². The van der Waals surface area contributed by atoms with Crippen LogP contribution >= 0.6 is 0 Å². The molecule has 10 heteroatoms. The highest BCUT2D eigenvalue weighted by Crippen LogP contribution is 2.17. The number of nitrogens with zero attached hydrogens (tertiary/aromatic N) is 4. The molecule has 0 aliphatic carbocycles. The molecule has 0 aromatic heterocycles. The Hall–Kier alpha value is -1.68. The van der Waals surface area contributed by atoms with E-state index >= 15 is 0 Å². The van der Waals surface area contributed by atoms with Crippen LogP contribution in [0.1, 0.15) is 6.92 Å². The van der Waals surface area contributed by atoms with E-state index in [0.29, 0.717) is 0 Å². The maximum absolute atomic E-state index is 10.7. The summed E-state index contributed by atoms with van der Waals surface area (Å²) < 4.78 is 9.83. The largest absolute Gasteiger partial charge is 0.353 e. The van der Waals surface area contributed by atoms with Crippen LogP contribution in [0.4, 0.5) is 0 Å². The molecule has 0 aliphatic heterocycles. The molecule has 0 aliphatic rings. The summed E-state index contributed by atoms with van der Waals surface area (Å²) in [5, 5.41) is 10.5.